The number of hydrogen-bond acceptors (Lipinski definition) is 6. The number of benzene rings is 1. The summed E-state index contributed by atoms with van der Waals surface area (Å²) in [5, 5.41) is 13.0. The second-order valence-electron chi connectivity index (χ2n) is 8.67. The van der Waals surface area contributed by atoms with E-state index in [9.17, 15) is 9.50 Å². The molecule has 0 aliphatic carbocycles. The zero-order valence-corrected chi connectivity index (χ0v) is 19.5. The molecule has 0 saturated carbocycles. The Labute approximate surface area is 196 Å². The highest BCUT2D eigenvalue weighted by Gasteiger charge is 2.26. The molecule has 0 radical (unpaired) electrons. The van der Waals surface area contributed by atoms with Crippen LogP contribution in [0.15, 0.2) is 54.8 Å². The molecule has 0 aromatic heterocycles. The molecule has 1 aromatic rings. The van der Waals surface area contributed by atoms with Gasteiger partial charge in [0.05, 0.1) is 12.6 Å². The fraction of sp³-hybridized carbons (Fsp3) is 0.538. The summed E-state index contributed by atoms with van der Waals surface area (Å²) in [6.45, 7) is 10.4. The predicted molar refractivity (Wildman–Crippen MR) is 128 cm³/mol. The maximum absolute atomic E-state index is 13.5. The molecule has 2 aliphatic rings. The van der Waals surface area contributed by atoms with E-state index in [1.54, 1.807) is 6.07 Å². The average Bonchev–Trinajstić information content (AvgIpc) is 2.82. The van der Waals surface area contributed by atoms with Crippen molar-refractivity contribution in [2.75, 3.05) is 46.0 Å². The van der Waals surface area contributed by atoms with Gasteiger partial charge in [-0.2, -0.15) is 0 Å². The minimum absolute atomic E-state index is 0.0286. The van der Waals surface area contributed by atoms with E-state index >= 15 is 0 Å². The zero-order valence-electron chi connectivity index (χ0n) is 19.5. The fourth-order valence-electron chi connectivity index (χ4n) is 4.12. The minimum atomic E-state index is -0.311. The highest BCUT2D eigenvalue weighted by Crippen LogP contribution is 2.32. The number of nitrogens with zero attached hydrogens (tertiary/aromatic N) is 1. The Bertz CT molecular complexity index is 805. The van der Waals surface area contributed by atoms with Crippen molar-refractivity contribution in [3.05, 3.63) is 60.7 Å². The molecule has 2 heterocycles. The highest BCUT2D eigenvalue weighted by atomic mass is 19.1. The lowest BCUT2D eigenvalue weighted by atomic mass is 9.93. The van der Waals surface area contributed by atoms with E-state index in [0.717, 1.165) is 45.4 Å². The van der Waals surface area contributed by atoms with E-state index in [1.807, 2.05) is 31.2 Å². The molecule has 0 bridgehead atoms. The van der Waals surface area contributed by atoms with E-state index in [0.29, 0.717) is 36.4 Å². The molecule has 33 heavy (non-hydrogen) atoms. The standard InChI is InChI=1S/C26H37FN2O4/c1-3-4-5-6-20(2)31-18-23(17-30)28-12-9-21-10-13-29(14-11-21)16-24-19-32-25-8-7-22(27)15-26(25)33-24/h3-8,15,21,23-24,28,30H,2,9-14,16-19H2,1H3/b4-3-,6-5-/t23?,24-/m0/s1. The van der Waals surface area contributed by atoms with E-state index in [1.165, 1.54) is 12.1 Å². The van der Waals surface area contributed by atoms with Gasteiger partial charge in [0, 0.05) is 12.6 Å². The fourth-order valence-corrected chi connectivity index (χ4v) is 4.12. The SMILES string of the molecule is C=C(/C=C\C=C/C)OCC(CO)NCCC1CCN(C[C@H]2COc3ccc(F)cc3O2)CC1. The molecular weight excluding hydrogens is 423 g/mol. The van der Waals surface area contributed by atoms with Crippen molar-refractivity contribution in [3.8, 4) is 11.5 Å². The van der Waals surface area contributed by atoms with Crippen molar-refractivity contribution < 1.29 is 23.7 Å². The number of fused-ring (bicyclic) bond motifs is 1. The summed E-state index contributed by atoms with van der Waals surface area (Å²) in [4.78, 5) is 2.40. The van der Waals surface area contributed by atoms with Crippen molar-refractivity contribution in [1.82, 2.24) is 10.2 Å². The van der Waals surface area contributed by atoms with Crippen LogP contribution in [-0.4, -0.2) is 68.2 Å². The first-order chi connectivity index (χ1) is 16.1. The lowest BCUT2D eigenvalue weighted by Gasteiger charge is -2.35. The lowest BCUT2D eigenvalue weighted by molar-refractivity contribution is 0.0467. The molecule has 6 nitrogen and oxygen atoms in total. The Morgan fingerprint density at radius 1 is 1.33 bits per heavy atom. The molecule has 182 valence electrons. The molecule has 1 unspecified atom stereocenters. The first-order valence-electron chi connectivity index (χ1n) is 11.8. The molecular formula is C26H37FN2O4. The maximum Gasteiger partial charge on any atom is 0.164 e. The number of piperidine rings is 1. The van der Waals surface area contributed by atoms with Crippen LogP contribution in [0, 0.1) is 11.7 Å². The van der Waals surface area contributed by atoms with Crippen LogP contribution in [0.3, 0.4) is 0 Å². The Balaban J connectivity index is 1.30. The van der Waals surface area contributed by atoms with Gasteiger partial charge in [0.2, 0.25) is 0 Å². The maximum atomic E-state index is 13.5. The van der Waals surface area contributed by atoms with Crippen LogP contribution in [0.2, 0.25) is 0 Å². The van der Waals surface area contributed by atoms with Crippen molar-refractivity contribution in [2.24, 2.45) is 5.92 Å². The first-order valence-corrected chi connectivity index (χ1v) is 11.8. The molecule has 3 rings (SSSR count). The molecule has 2 aliphatic heterocycles. The molecule has 1 fully saturated rings. The molecule has 0 amide bonds. The van der Waals surface area contributed by atoms with Crippen LogP contribution < -0.4 is 14.8 Å². The Morgan fingerprint density at radius 3 is 2.91 bits per heavy atom. The number of aliphatic hydroxyl groups is 1. The monoisotopic (exact) mass is 460 g/mol. The van der Waals surface area contributed by atoms with Crippen LogP contribution in [-0.2, 0) is 4.74 Å². The van der Waals surface area contributed by atoms with Gasteiger partial charge in [-0.25, -0.2) is 4.39 Å². The van der Waals surface area contributed by atoms with E-state index in [2.05, 4.69) is 16.8 Å². The van der Waals surface area contributed by atoms with Gasteiger partial charge >= 0.3 is 0 Å². The summed E-state index contributed by atoms with van der Waals surface area (Å²) in [7, 11) is 0. The van der Waals surface area contributed by atoms with Crippen molar-refractivity contribution in [3.63, 3.8) is 0 Å². The van der Waals surface area contributed by atoms with Gasteiger partial charge < -0.3 is 24.6 Å². The third-order valence-electron chi connectivity index (χ3n) is 6.05. The van der Waals surface area contributed by atoms with Crippen molar-refractivity contribution >= 4 is 0 Å². The number of halogens is 1. The minimum Gasteiger partial charge on any atom is -0.493 e. The number of allylic oxidation sites excluding steroid dienone is 4. The van der Waals surface area contributed by atoms with E-state index < -0.39 is 0 Å². The van der Waals surface area contributed by atoms with E-state index in [-0.39, 0.29) is 24.6 Å². The van der Waals surface area contributed by atoms with Crippen LogP contribution >= 0.6 is 0 Å². The lowest BCUT2D eigenvalue weighted by Crippen LogP contribution is -2.44. The molecule has 2 N–H and O–H groups in total. The Kier molecular flexibility index (Phi) is 10.2. The van der Waals surface area contributed by atoms with Crippen molar-refractivity contribution in [1.29, 1.82) is 0 Å². The molecule has 7 heteroatoms. The number of ether oxygens (including phenoxy) is 3. The molecule has 2 atom stereocenters. The van der Waals surface area contributed by atoms with E-state index in [4.69, 9.17) is 14.2 Å². The Morgan fingerprint density at radius 2 is 2.15 bits per heavy atom. The Hall–Kier alpha value is -2.35. The smallest absolute Gasteiger partial charge is 0.164 e. The number of hydrogen-bond donors (Lipinski definition) is 2. The summed E-state index contributed by atoms with van der Waals surface area (Å²) < 4.78 is 30.7. The van der Waals surface area contributed by atoms with Crippen LogP contribution in [0.25, 0.3) is 0 Å². The van der Waals surface area contributed by atoms with Gasteiger partial charge in [0.1, 0.15) is 30.9 Å². The zero-order chi connectivity index (χ0) is 23.5. The largest absolute Gasteiger partial charge is 0.493 e. The normalized spacial score (nSPS) is 20.4. The predicted octanol–water partition coefficient (Wildman–Crippen LogP) is 3.68. The van der Waals surface area contributed by atoms with Gasteiger partial charge in [-0.15, -0.1) is 0 Å². The quantitative estimate of drug-likeness (QED) is 0.367. The second-order valence-corrected chi connectivity index (χ2v) is 8.67. The number of nitrogens with one attached hydrogen (secondary N) is 1. The highest BCUT2D eigenvalue weighted by molar-refractivity contribution is 5.41. The second kappa shape index (κ2) is 13.4. The van der Waals surface area contributed by atoms with Crippen molar-refractivity contribution in [2.45, 2.75) is 38.3 Å². The number of aliphatic hydroxyl groups excluding tert-OH is 1. The first kappa shape index (κ1) is 25.3. The number of likely N-dealkylation sites (tertiary alicyclic amines) is 1. The van der Waals surface area contributed by atoms with Gasteiger partial charge in [-0.05, 0) is 69.9 Å². The summed E-state index contributed by atoms with van der Waals surface area (Å²) in [5.74, 6) is 2.04. The van der Waals surface area contributed by atoms with Crippen LogP contribution in [0.1, 0.15) is 26.2 Å². The summed E-state index contributed by atoms with van der Waals surface area (Å²) in [5.41, 5.74) is 0. The van der Waals surface area contributed by atoms with Gasteiger partial charge in [0.15, 0.2) is 11.5 Å². The van der Waals surface area contributed by atoms with Gasteiger partial charge in [-0.1, -0.05) is 24.8 Å². The van der Waals surface area contributed by atoms with Gasteiger partial charge in [-0.3, -0.25) is 4.90 Å². The van der Waals surface area contributed by atoms with Gasteiger partial charge in [0.25, 0.3) is 0 Å². The molecule has 1 aromatic carbocycles. The third-order valence-corrected chi connectivity index (χ3v) is 6.05. The average molecular weight is 461 g/mol. The topological polar surface area (TPSA) is 63.2 Å². The third kappa shape index (κ3) is 8.50. The number of rotatable bonds is 12. The summed E-state index contributed by atoms with van der Waals surface area (Å²) in [6.07, 6.45) is 10.8. The summed E-state index contributed by atoms with van der Waals surface area (Å²) >= 11 is 0. The van der Waals surface area contributed by atoms with Crippen LogP contribution in [0.5, 0.6) is 11.5 Å². The molecule has 0 spiro atoms. The molecule has 1 saturated heterocycles. The summed E-state index contributed by atoms with van der Waals surface area (Å²) in [6, 6.07) is 4.29. The van der Waals surface area contributed by atoms with Crippen LogP contribution in [0.4, 0.5) is 4.39 Å².